The smallest absolute Gasteiger partial charge is 0.172 e. The molecule has 96 valence electrons. The van der Waals surface area contributed by atoms with Crippen LogP contribution < -0.4 is 0 Å². The van der Waals surface area contributed by atoms with Crippen LogP contribution in [0, 0.1) is 0 Å². The third kappa shape index (κ3) is 3.29. The highest BCUT2D eigenvalue weighted by atomic mass is 16.5. The number of unbranched alkanes of at least 4 members (excludes halogenated alkanes) is 3. The van der Waals surface area contributed by atoms with Crippen molar-refractivity contribution in [3.05, 3.63) is 23.8 Å². The van der Waals surface area contributed by atoms with E-state index in [1.165, 1.54) is 12.8 Å². The Kier molecular flexibility index (Phi) is 5.63. The zero-order valence-corrected chi connectivity index (χ0v) is 11.3. The molecule has 2 nitrogen and oxygen atoms in total. The molecule has 0 amide bonds. The molecule has 0 saturated carbocycles. The zero-order valence-electron chi connectivity index (χ0n) is 11.3. The first-order chi connectivity index (χ1) is 8.17. The van der Waals surface area contributed by atoms with E-state index in [1.54, 1.807) is 7.11 Å². The first kappa shape index (κ1) is 14.2. The normalized spacial score (nSPS) is 23.6. The van der Waals surface area contributed by atoms with E-state index in [0.29, 0.717) is 6.42 Å². The van der Waals surface area contributed by atoms with E-state index in [2.05, 4.69) is 13.0 Å². The van der Waals surface area contributed by atoms with Crippen molar-refractivity contribution in [2.24, 2.45) is 0 Å². The highest BCUT2D eigenvalue weighted by molar-refractivity contribution is 5.93. The Hall–Kier alpha value is -0.890. The van der Waals surface area contributed by atoms with Crippen LogP contribution in [0.25, 0.3) is 0 Å². The Morgan fingerprint density at radius 1 is 1.41 bits per heavy atom. The van der Waals surface area contributed by atoms with Gasteiger partial charge >= 0.3 is 0 Å². The Morgan fingerprint density at radius 3 is 2.76 bits per heavy atom. The van der Waals surface area contributed by atoms with Crippen LogP contribution >= 0.6 is 0 Å². The number of Topliss-reactive ketones (excluding diaryl/α,β-unsaturated/α-hetero) is 1. The van der Waals surface area contributed by atoms with Gasteiger partial charge in [-0.1, -0.05) is 38.3 Å². The third-order valence-electron chi connectivity index (χ3n) is 3.49. The highest BCUT2D eigenvalue weighted by Crippen LogP contribution is 2.29. The van der Waals surface area contributed by atoms with Gasteiger partial charge in [0, 0.05) is 13.5 Å². The van der Waals surface area contributed by atoms with E-state index >= 15 is 0 Å². The molecular weight excluding hydrogens is 212 g/mol. The van der Waals surface area contributed by atoms with E-state index in [1.807, 2.05) is 19.1 Å². The summed E-state index contributed by atoms with van der Waals surface area (Å²) in [7, 11) is 1.62. The molecule has 0 aromatic heterocycles. The van der Waals surface area contributed by atoms with Gasteiger partial charge in [0.15, 0.2) is 11.4 Å². The van der Waals surface area contributed by atoms with Crippen molar-refractivity contribution < 1.29 is 9.53 Å². The summed E-state index contributed by atoms with van der Waals surface area (Å²) in [6.45, 7) is 4.16. The lowest BCUT2D eigenvalue weighted by Gasteiger charge is -2.31. The maximum absolute atomic E-state index is 12.3. The summed E-state index contributed by atoms with van der Waals surface area (Å²) in [5, 5.41) is 0. The molecule has 2 heteroatoms. The standard InChI is InChI=1S/C15H24O2/c1-4-5-6-7-11-14(16)15(17-3)12-9-8-10-13(15)2/h9-10,12H,4-8,11H2,1-3H3. The molecule has 1 unspecified atom stereocenters. The summed E-state index contributed by atoms with van der Waals surface area (Å²) in [6, 6.07) is 0. The van der Waals surface area contributed by atoms with Crippen molar-refractivity contribution in [2.75, 3.05) is 7.11 Å². The maximum Gasteiger partial charge on any atom is 0.172 e. The number of carbonyl (C=O) groups excluding carboxylic acids is 1. The number of hydrogen-bond acceptors (Lipinski definition) is 2. The molecule has 0 fully saturated rings. The van der Waals surface area contributed by atoms with E-state index in [-0.39, 0.29) is 5.78 Å². The summed E-state index contributed by atoms with van der Waals surface area (Å²) in [5.41, 5.74) is 0.257. The quantitative estimate of drug-likeness (QED) is 0.496. The van der Waals surface area contributed by atoms with E-state index in [9.17, 15) is 4.79 Å². The van der Waals surface area contributed by atoms with Crippen LogP contribution in [0.15, 0.2) is 23.8 Å². The monoisotopic (exact) mass is 236 g/mol. The van der Waals surface area contributed by atoms with Crippen LogP contribution in [0.5, 0.6) is 0 Å². The summed E-state index contributed by atoms with van der Waals surface area (Å²) < 4.78 is 5.51. The van der Waals surface area contributed by atoms with Crippen molar-refractivity contribution in [1.82, 2.24) is 0 Å². The molecule has 17 heavy (non-hydrogen) atoms. The molecule has 0 aliphatic heterocycles. The van der Waals surface area contributed by atoms with E-state index in [0.717, 1.165) is 24.8 Å². The van der Waals surface area contributed by atoms with Crippen LogP contribution in [0.1, 0.15) is 52.4 Å². The fourth-order valence-corrected chi connectivity index (χ4v) is 2.32. The average molecular weight is 236 g/mol. The third-order valence-corrected chi connectivity index (χ3v) is 3.49. The van der Waals surface area contributed by atoms with E-state index < -0.39 is 5.60 Å². The van der Waals surface area contributed by atoms with Gasteiger partial charge in [-0.25, -0.2) is 0 Å². The predicted molar refractivity (Wildman–Crippen MR) is 71.0 cm³/mol. The van der Waals surface area contributed by atoms with E-state index in [4.69, 9.17) is 4.74 Å². The number of methoxy groups -OCH3 is 1. The zero-order chi connectivity index (χ0) is 12.7. The Balaban J connectivity index is 2.60. The average Bonchev–Trinajstić information content (AvgIpc) is 2.35. The maximum atomic E-state index is 12.3. The van der Waals surface area contributed by atoms with Crippen LogP contribution in [-0.4, -0.2) is 18.5 Å². The number of carbonyl (C=O) groups is 1. The number of ether oxygens (including phenoxy) is 1. The second-order valence-electron chi connectivity index (χ2n) is 4.70. The molecule has 1 aliphatic carbocycles. The summed E-state index contributed by atoms with van der Waals surface area (Å²) in [4.78, 5) is 12.3. The fourth-order valence-electron chi connectivity index (χ4n) is 2.32. The van der Waals surface area contributed by atoms with Gasteiger partial charge in [0.2, 0.25) is 0 Å². The van der Waals surface area contributed by atoms with Gasteiger partial charge in [-0.2, -0.15) is 0 Å². The topological polar surface area (TPSA) is 26.3 Å². The fraction of sp³-hybridized carbons (Fsp3) is 0.667. The molecule has 0 N–H and O–H groups in total. The Morgan fingerprint density at radius 2 is 2.18 bits per heavy atom. The molecule has 1 atom stereocenters. The molecule has 1 rings (SSSR count). The van der Waals surface area contributed by atoms with Gasteiger partial charge in [-0.05, 0) is 31.4 Å². The SMILES string of the molecule is CCCCCCC(=O)C1(OC)C=CCC=C1C. The number of ketones is 1. The van der Waals surface area contributed by atoms with Crippen molar-refractivity contribution in [2.45, 2.75) is 58.0 Å². The van der Waals surface area contributed by atoms with Crippen LogP contribution in [-0.2, 0) is 9.53 Å². The van der Waals surface area contributed by atoms with Gasteiger partial charge in [0.1, 0.15) is 0 Å². The first-order valence-electron chi connectivity index (χ1n) is 6.60. The van der Waals surface area contributed by atoms with Crippen molar-refractivity contribution >= 4 is 5.78 Å². The molecule has 0 aromatic carbocycles. The van der Waals surface area contributed by atoms with Crippen LogP contribution in [0.4, 0.5) is 0 Å². The summed E-state index contributed by atoms with van der Waals surface area (Å²) in [5.74, 6) is 0.195. The second kappa shape index (κ2) is 6.75. The summed E-state index contributed by atoms with van der Waals surface area (Å²) in [6.07, 6.45) is 12.0. The lowest BCUT2D eigenvalue weighted by Crippen LogP contribution is -2.41. The van der Waals surface area contributed by atoms with Gasteiger partial charge < -0.3 is 4.74 Å². The minimum absolute atomic E-state index is 0.195. The molecule has 0 bridgehead atoms. The lowest BCUT2D eigenvalue weighted by molar-refractivity contribution is -0.132. The lowest BCUT2D eigenvalue weighted by atomic mass is 9.83. The Labute approximate surface area is 105 Å². The molecule has 0 aromatic rings. The second-order valence-corrected chi connectivity index (χ2v) is 4.70. The number of hydrogen-bond donors (Lipinski definition) is 0. The van der Waals surface area contributed by atoms with Crippen molar-refractivity contribution in [3.8, 4) is 0 Å². The molecule has 0 heterocycles. The number of rotatable bonds is 7. The van der Waals surface area contributed by atoms with Gasteiger partial charge in [0.25, 0.3) is 0 Å². The van der Waals surface area contributed by atoms with Crippen molar-refractivity contribution in [3.63, 3.8) is 0 Å². The number of allylic oxidation sites excluding steroid dienone is 2. The molecule has 0 radical (unpaired) electrons. The van der Waals surface area contributed by atoms with Gasteiger partial charge in [-0.3, -0.25) is 4.79 Å². The van der Waals surface area contributed by atoms with Crippen molar-refractivity contribution in [1.29, 1.82) is 0 Å². The molecule has 0 spiro atoms. The molecule has 0 saturated heterocycles. The van der Waals surface area contributed by atoms with Crippen LogP contribution in [0.3, 0.4) is 0 Å². The minimum atomic E-state index is -0.773. The molecule has 1 aliphatic rings. The van der Waals surface area contributed by atoms with Gasteiger partial charge in [0.05, 0.1) is 0 Å². The predicted octanol–water partition coefficient (Wildman–Crippen LogP) is 3.82. The first-order valence-corrected chi connectivity index (χ1v) is 6.60. The summed E-state index contributed by atoms with van der Waals surface area (Å²) >= 11 is 0. The molecular formula is C15H24O2. The van der Waals surface area contributed by atoms with Gasteiger partial charge in [-0.15, -0.1) is 0 Å². The largest absolute Gasteiger partial charge is 0.362 e. The minimum Gasteiger partial charge on any atom is -0.362 e. The van der Waals surface area contributed by atoms with Crippen LogP contribution in [0.2, 0.25) is 0 Å². The Bertz CT molecular complexity index is 315. The highest BCUT2D eigenvalue weighted by Gasteiger charge is 2.37.